The van der Waals surface area contributed by atoms with Gasteiger partial charge in [-0.15, -0.1) is 0 Å². The van der Waals surface area contributed by atoms with E-state index in [4.69, 9.17) is 27.9 Å². The van der Waals surface area contributed by atoms with Crippen molar-refractivity contribution in [2.75, 3.05) is 24.5 Å². The van der Waals surface area contributed by atoms with E-state index >= 15 is 0 Å². The van der Waals surface area contributed by atoms with Crippen molar-refractivity contribution >= 4 is 50.7 Å². The Balaban J connectivity index is 1.80. The highest BCUT2D eigenvalue weighted by atomic mass is 35.5. The van der Waals surface area contributed by atoms with Gasteiger partial charge in [-0.2, -0.15) is 0 Å². The predicted molar refractivity (Wildman–Crippen MR) is 174 cm³/mol. The molecule has 0 spiro atoms. The van der Waals surface area contributed by atoms with Crippen molar-refractivity contribution in [3.8, 4) is 5.75 Å². The monoisotopic (exact) mass is 653 g/mol. The number of carbonyl (C=O) groups is 2. The van der Waals surface area contributed by atoms with Crippen LogP contribution in [-0.4, -0.2) is 51.4 Å². The Labute approximate surface area is 268 Å². The summed E-state index contributed by atoms with van der Waals surface area (Å²) < 4.78 is 34.4. The summed E-state index contributed by atoms with van der Waals surface area (Å²) >= 11 is 12.3. The fourth-order valence-electron chi connectivity index (χ4n) is 4.71. The van der Waals surface area contributed by atoms with Crippen LogP contribution in [-0.2, 0) is 32.6 Å². The summed E-state index contributed by atoms with van der Waals surface area (Å²) in [5.74, 6) is -0.363. The minimum atomic E-state index is -4.27. The van der Waals surface area contributed by atoms with Crippen LogP contribution >= 0.6 is 23.2 Å². The van der Waals surface area contributed by atoms with Gasteiger partial charge < -0.3 is 15.0 Å². The van der Waals surface area contributed by atoms with Crippen molar-refractivity contribution in [3.63, 3.8) is 0 Å². The topological polar surface area (TPSA) is 96.0 Å². The van der Waals surface area contributed by atoms with Gasteiger partial charge in [0.05, 0.1) is 17.7 Å². The third-order valence-electron chi connectivity index (χ3n) is 6.89. The lowest BCUT2D eigenvalue weighted by atomic mass is 10.0. The van der Waals surface area contributed by atoms with E-state index in [2.05, 4.69) is 5.32 Å². The summed E-state index contributed by atoms with van der Waals surface area (Å²) in [5, 5.41) is 3.50. The molecule has 0 aliphatic rings. The lowest BCUT2D eigenvalue weighted by molar-refractivity contribution is -0.140. The molecule has 4 rings (SSSR count). The van der Waals surface area contributed by atoms with Crippen LogP contribution in [0.25, 0.3) is 0 Å². The Kier molecular flexibility index (Phi) is 11.3. The van der Waals surface area contributed by atoms with Crippen LogP contribution in [0.4, 0.5) is 5.69 Å². The molecule has 0 fully saturated rings. The van der Waals surface area contributed by atoms with E-state index < -0.39 is 28.5 Å². The first-order valence-corrected chi connectivity index (χ1v) is 16.1. The van der Waals surface area contributed by atoms with E-state index in [9.17, 15) is 18.0 Å². The van der Waals surface area contributed by atoms with Crippen molar-refractivity contribution in [1.29, 1.82) is 0 Å². The number of benzene rings is 4. The van der Waals surface area contributed by atoms with Crippen molar-refractivity contribution in [3.05, 3.63) is 124 Å². The Hall–Kier alpha value is -4.05. The number of likely N-dealkylation sites (N-methyl/N-ethyl adjacent to an activating group) is 1. The molecule has 1 atom stereocenters. The SMILES string of the molecule is CCNC(=O)[C@@H](Cc1ccccc1)N(Cc1cccc(OC)c1)C(=O)CN(c1cccc(Cl)c1)S(=O)(=O)c1ccc(Cl)cc1. The molecule has 4 aromatic rings. The number of rotatable bonds is 13. The lowest BCUT2D eigenvalue weighted by Crippen LogP contribution is -2.53. The van der Waals surface area contributed by atoms with Crippen LogP contribution in [0.2, 0.25) is 10.0 Å². The second kappa shape index (κ2) is 15.1. The van der Waals surface area contributed by atoms with Crippen molar-refractivity contribution in [1.82, 2.24) is 10.2 Å². The molecular formula is C33H33Cl2N3O5S. The molecule has 0 heterocycles. The molecule has 0 aliphatic carbocycles. The van der Waals surface area contributed by atoms with E-state index in [0.717, 1.165) is 9.87 Å². The van der Waals surface area contributed by atoms with Gasteiger partial charge in [-0.05, 0) is 72.6 Å². The minimum Gasteiger partial charge on any atom is -0.497 e. The molecule has 0 aliphatic heterocycles. The third-order valence-corrected chi connectivity index (χ3v) is 9.16. The number of nitrogens with one attached hydrogen (secondary N) is 1. The minimum absolute atomic E-state index is 0.0229. The van der Waals surface area contributed by atoms with Gasteiger partial charge in [-0.25, -0.2) is 8.42 Å². The summed E-state index contributed by atoms with van der Waals surface area (Å²) in [6.45, 7) is 1.57. The standard InChI is InChI=1S/C33H33Cl2N3O5S/c1-3-36-33(40)31(20-24-9-5-4-6-10-24)37(22-25-11-7-14-29(19-25)43-2)32(39)23-38(28-13-8-12-27(35)21-28)44(41,42)30-17-15-26(34)16-18-30/h4-19,21,31H,3,20,22-23H2,1-2H3,(H,36,40)/t31-/m1/s1. The largest absolute Gasteiger partial charge is 0.497 e. The number of anilines is 1. The maximum Gasteiger partial charge on any atom is 0.264 e. The Morgan fingerprint density at radius 1 is 0.841 bits per heavy atom. The van der Waals surface area contributed by atoms with Gasteiger partial charge in [-0.1, -0.05) is 71.7 Å². The molecule has 4 aromatic carbocycles. The van der Waals surface area contributed by atoms with Crippen LogP contribution < -0.4 is 14.4 Å². The Bertz CT molecular complexity index is 1690. The molecular weight excluding hydrogens is 621 g/mol. The first-order chi connectivity index (χ1) is 21.1. The highest BCUT2D eigenvalue weighted by Crippen LogP contribution is 2.28. The number of methoxy groups -OCH3 is 1. The quantitative estimate of drug-likeness (QED) is 0.192. The van der Waals surface area contributed by atoms with Gasteiger partial charge in [0.1, 0.15) is 18.3 Å². The predicted octanol–water partition coefficient (Wildman–Crippen LogP) is 5.97. The van der Waals surface area contributed by atoms with E-state index in [1.165, 1.54) is 35.2 Å². The lowest BCUT2D eigenvalue weighted by Gasteiger charge is -2.34. The molecule has 1 N–H and O–H groups in total. The zero-order valence-electron chi connectivity index (χ0n) is 24.3. The summed E-state index contributed by atoms with van der Waals surface area (Å²) in [6.07, 6.45) is 0.212. The number of amides is 2. The van der Waals surface area contributed by atoms with Gasteiger partial charge in [0, 0.05) is 29.6 Å². The van der Waals surface area contributed by atoms with Gasteiger partial charge >= 0.3 is 0 Å². The smallest absolute Gasteiger partial charge is 0.264 e. The van der Waals surface area contributed by atoms with E-state index in [1.807, 2.05) is 36.4 Å². The van der Waals surface area contributed by atoms with E-state index in [0.29, 0.717) is 27.9 Å². The average Bonchev–Trinajstić information content (AvgIpc) is 3.02. The maximum atomic E-state index is 14.4. The Morgan fingerprint density at radius 2 is 1.52 bits per heavy atom. The van der Waals surface area contributed by atoms with Gasteiger partial charge in [0.15, 0.2) is 0 Å². The molecule has 0 radical (unpaired) electrons. The van der Waals surface area contributed by atoms with Gasteiger partial charge in [0.2, 0.25) is 11.8 Å². The molecule has 0 saturated carbocycles. The number of nitrogens with zero attached hydrogens (tertiary/aromatic N) is 2. The van der Waals surface area contributed by atoms with E-state index in [1.54, 1.807) is 50.4 Å². The fraction of sp³-hybridized carbons (Fsp3) is 0.212. The van der Waals surface area contributed by atoms with Crippen LogP contribution in [0.5, 0.6) is 5.75 Å². The molecule has 2 amide bonds. The van der Waals surface area contributed by atoms with Gasteiger partial charge in [0.25, 0.3) is 10.0 Å². The molecule has 0 bridgehead atoms. The summed E-state index contributed by atoms with van der Waals surface area (Å²) in [6, 6.07) is 27.5. The van der Waals surface area contributed by atoms with Crippen LogP contribution in [0.1, 0.15) is 18.1 Å². The molecule has 44 heavy (non-hydrogen) atoms. The zero-order valence-corrected chi connectivity index (χ0v) is 26.6. The molecule has 8 nitrogen and oxygen atoms in total. The zero-order chi connectivity index (χ0) is 31.7. The summed E-state index contributed by atoms with van der Waals surface area (Å²) in [7, 11) is -2.73. The highest BCUT2D eigenvalue weighted by molar-refractivity contribution is 7.92. The summed E-state index contributed by atoms with van der Waals surface area (Å²) in [5.41, 5.74) is 1.74. The highest BCUT2D eigenvalue weighted by Gasteiger charge is 2.34. The number of sulfonamides is 1. The summed E-state index contributed by atoms with van der Waals surface area (Å²) in [4.78, 5) is 29.3. The van der Waals surface area contributed by atoms with Crippen LogP contribution in [0.3, 0.4) is 0 Å². The first kappa shape index (κ1) is 32.9. The molecule has 11 heteroatoms. The molecule has 0 saturated heterocycles. The number of halogens is 2. The van der Waals surface area contributed by atoms with Crippen molar-refractivity contribution in [2.45, 2.75) is 30.8 Å². The second-order valence-corrected chi connectivity index (χ2v) is 12.7. The maximum absolute atomic E-state index is 14.4. The molecule has 0 unspecified atom stereocenters. The number of hydrogen-bond acceptors (Lipinski definition) is 5. The van der Waals surface area contributed by atoms with Crippen molar-refractivity contribution < 1.29 is 22.7 Å². The van der Waals surface area contributed by atoms with E-state index in [-0.39, 0.29) is 29.5 Å². The molecule has 230 valence electrons. The second-order valence-electron chi connectivity index (χ2n) is 9.92. The fourth-order valence-corrected chi connectivity index (χ4v) is 6.42. The first-order valence-electron chi connectivity index (χ1n) is 13.9. The van der Waals surface area contributed by atoms with Crippen LogP contribution in [0, 0.1) is 0 Å². The molecule has 0 aromatic heterocycles. The number of hydrogen-bond donors (Lipinski definition) is 1. The van der Waals surface area contributed by atoms with Gasteiger partial charge in [-0.3, -0.25) is 13.9 Å². The number of carbonyl (C=O) groups excluding carboxylic acids is 2. The van der Waals surface area contributed by atoms with Crippen molar-refractivity contribution in [2.24, 2.45) is 0 Å². The number of ether oxygens (including phenoxy) is 1. The Morgan fingerprint density at radius 3 is 2.18 bits per heavy atom. The normalized spacial score (nSPS) is 11.8. The average molecular weight is 655 g/mol. The third kappa shape index (κ3) is 8.31. The van der Waals surface area contributed by atoms with Crippen LogP contribution in [0.15, 0.2) is 108 Å².